The molecule has 2 heterocycles. The zero-order valence-corrected chi connectivity index (χ0v) is 18.1. The van der Waals surface area contributed by atoms with E-state index < -0.39 is 5.41 Å². The Kier molecular flexibility index (Phi) is 5.77. The second-order valence-electron chi connectivity index (χ2n) is 8.86. The fraction of sp³-hybridized carbons (Fsp3) is 0.500. The summed E-state index contributed by atoms with van der Waals surface area (Å²) in [5.41, 5.74) is 1.83. The van der Waals surface area contributed by atoms with Gasteiger partial charge in [0, 0.05) is 29.9 Å². The number of rotatable bonds is 6. The molecule has 0 unspecified atom stereocenters. The molecule has 1 saturated carbocycles. The molecule has 2 fully saturated rings. The molecule has 4 rings (SSSR count). The zero-order valence-electron chi connectivity index (χ0n) is 17.3. The van der Waals surface area contributed by atoms with Crippen molar-refractivity contribution in [3.05, 3.63) is 47.3 Å². The van der Waals surface area contributed by atoms with Gasteiger partial charge in [0.1, 0.15) is 0 Å². The van der Waals surface area contributed by atoms with E-state index in [0.29, 0.717) is 19.5 Å². The lowest BCUT2D eigenvalue weighted by molar-refractivity contribution is -0.138. The molecule has 2 amide bonds. The van der Waals surface area contributed by atoms with Crippen LogP contribution in [-0.2, 0) is 16.0 Å². The van der Waals surface area contributed by atoms with Crippen molar-refractivity contribution >= 4 is 23.2 Å². The van der Waals surface area contributed by atoms with Crippen LogP contribution >= 0.6 is 11.3 Å². The lowest BCUT2D eigenvalue weighted by atomic mass is 9.78. The molecule has 1 aliphatic carbocycles. The van der Waals surface area contributed by atoms with Gasteiger partial charge in [0.15, 0.2) is 0 Å². The summed E-state index contributed by atoms with van der Waals surface area (Å²) >= 11 is 1.72. The molecular weight excluding hydrogens is 380 g/mol. The number of nitrogens with one attached hydrogen (secondary N) is 1. The first-order valence-corrected chi connectivity index (χ1v) is 11.6. The Bertz CT molecular complexity index is 873. The number of hydrogen-bond donors (Lipinski definition) is 1. The van der Waals surface area contributed by atoms with E-state index in [1.165, 1.54) is 16.0 Å². The number of amides is 2. The summed E-state index contributed by atoms with van der Waals surface area (Å²) in [6, 6.07) is 12.7. The number of carbonyl (C=O) groups excluding carboxylic acids is 2. The number of likely N-dealkylation sites (tertiary alicyclic amines) is 1. The van der Waals surface area contributed by atoms with E-state index in [1.807, 2.05) is 24.8 Å². The van der Waals surface area contributed by atoms with Gasteiger partial charge in [0.05, 0.1) is 5.41 Å². The maximum absolute atomic E-state index is 13.4. The minimum atomic E-state index is -0.558. The number of benzene rings is 1. The summed E-state index contributed by atoms with van der Waals surface area (Å²) in [6.45, 7) is 5.20. The third-order valence-electron chi connectivity index (χ3n) is 6.35. The van der Waals surface area contributed by atoms with Crippen LogP contribution in [0.3, 0.4) is 0 Å². The highest BCUT2D eigenvalue weighted by molar-refractivity contribution is 7.13. The van der Waals surface area contributed by atoms with E-state index in [-0.39, 0.29) is 23.8 Å². The van der Waals surface area contributed by atoms with Crippen molar-refractivity contribution in [2.45, 2.75) is 52.0 Å². The number of thiophene rings is 1. The SMILES string of the molecule is CC(C)NC(=O)[C@@]1(Cc2ccccc2-c2cccs2)CCN(C(=O)C2CCC2)C1. The maximum atomic E-state index is 13.4. The van der Waals surface area contributed by atoms with Crippen molar-refractivity contribution in [2.75, 3.05) is 13.1 Å². The van der Waals surface area contributed by atoms with Gasteiger partial charge in [-0.25, -0.2) is 0 Å². The van der Waals surface area contributed by atoms with Gasteiger partial charge in [-0.05, 0) is 62.1 Å². The van der Waals surface area contributed by atoms with Crippen LogP contribution in [-0.4, -0.2) is 35.8 Å². The summed E-state index contributed by atoms with van der Waals surface area (Å²) in [5.74, 6) is 0.511. The summed E-state index contributed by atoms with van der Waals surface area (Å²) in [4.78, 5) is 29.4. The van der Waals surface area contributed by atoms with Crippen LogP contribution < -0.4 is 5.32 Å². The summed E-state index contributed by atoms with van der Waals surface area (Å²) in [6.07, 6.45) is 4.54. The molecule has 1 saturated heterocycles. The van der Waals surface area contributed by atoms with Crippen molar-refractivity contribution in [3.8, 4) is 10.4 Å². The van der Waals surface area contributed by atoms with E-state index in [2.05, 4.69) is 41.0 Å². The average molecular weight is 411 g/mol. The van der Waals surface area contributed by atoms with Crippen molar-refractivity contribution in [2.24, 2.45) is 11.3 Å². The molecular formula is C24H30N2O2S. The Hall–Kier alpha value is -2.14. The third-order valence-corrected chi connectivity index (χ3v) is 7.26. The van der Waals surface area contributed by atoms with E-state index in [9.17, 15) is 9.59 Å². The minimum absolute atomic E-state index is 0.0809. The predicted molar refractivity (Wildman–Crippen MR) is 118 cm³/mol. The van der Waals surface area contributed by atoms with Crippen LogP contribution in [0.4, 0.5) is 0 Å². The van der Waals surface area contributed by atoms with E-state index >= 15 is 0 Å². The molecule has 4 nitrogen and oxygen atoms in total. The van der Waals surface area contributed by atoms with Crippen LogP contribution in [0.15, 0.2) is 41.8 Å². The Balaban J connectivity index is 1.62. The molecule has 1 aromatic heterocycles. The summed E-state index contributed by atoms with van der Waals surface area (Å²) in [5, 5.41) is 5.23. The van der Waals surface area contributed by atoms with Gasteiger partial charge in [-0.15, -0.1) is 11.3 Å². The lowest BCUT2D eigenvalue weighted by Gasteiger charge is -2.32. The van der Waals surface area contributed by atoms with Crippen molar-refractivity contribution in [1.82, 2.24) is 10.2 Å². The standard InChI is InChI=1S/C24H30N2O2S/c1-17(2)25-23(28)24(12-13-26(16-24)22(27)18-8-5-9-18)15-19-7-3-4-10-20(19)21-11-6-14-29-21/h3-4,6-7,10-11,14,17-18H,5,8-9,12-13,15-16H2,1-2H3,(H,25,28)/t24-/m1/s1. The smallest absolute Gasteiger partial charge is 0.228 e. The molecule has 154 valence electrons. The number of hydrogen-bond acceptors (Lipinski definition) is 3. The molecule has 5 heteroatoms. The van der Waals surface area contributed by atoms with Gasteiger partial charge >= 0.3 is 0 Å². The molecule has 1 aromatic carbocycles. The van der Waals surface area contributed by atoms with Crippen molar-refractivity contribution < 1.29 is 9.59 Å². The molecule has 2 aromatic rings. The highest BCUT2D eigenvalue weighted by Gasteiger charge is 2.47. The molecule has 0 bridgehead atoms. The molecule has 29 heavy (non-hydrogen) atoms. The lowest BCUT2D eigenvalue weighted by Crippen LogP contribution is -2.48. The van der Waals surface area contributed by atoms with Crippen LogP contribution in [0.5, 0.6) is 0 Å². The summed E-state index contributed by atoms with van der Waals surface area (Å²) in [7, 11) is 0. The largest absolute Gasteiger partial charge is 0.353 e. The van der Waals surface area contributed by atoms with Crippen molar-refractivity contribution in [3.63, 3.8) is 0 Å². The van der Waals surface area contributed by atoms with Gasteiger partial charge in [0.2, 0.25) is 11.8 Å². The Morgan fingerprint density at radius 1 is 1.21 bits per heavy atom. The molecule has 1 aliphatic heterocycles. The van der Waals surface area contributed by atoms with E-state index in [4.69, 9.17) is 0 Å². The highest BCUT2D eigenvalue weighted by atomic mass is 32.1. The van der Waals surface area contributed by atoms with Gasteiger partial charge < -0.3 is 10.2 Å². The van der Waals surface area contributed by atoms with Crippen LogP contribution in [0.2, 0.25) is 0 Å². The van der Waals surface area contributed by atoms with Gasteiger partial charge in [-0.3, -0.25) is 9.59 Å². The normalized spacial score (nSPS) is 22.0. The first kappa shape index (κ1) is 20.1. The Morgan fingerprint density at radius 2 is 2.00 bits per heavy atom. The molecule has 1 atom stereocenters. The van der Waals surface area contributed by atoms with E-state index in [1.54, 1.807) is 11.3 Å². The fourth-order valence-corrected chi connectivity index (χ4v) is 5.30. The Morgan fingerprint density at radius 3 is 2.66 bits per heavy atom. The van der Waals surface area contributed by atoms with Gasteiger partial charge in [0.25, 0.3) is 0 Å². The average Bonchev–Trinajstić information content (AvgIpc) is 3.31. The quantitative estimate of drug-likeness (QED) is 0.762. The van der Waals surface area contributed by atoms with Gasteiger partial charge in [-0.1, -0.05) is 36.8 Å². The molecule has 2 aliphatic rings. The predicted octanol–water partition coefficient (Wildman–Crippen LogP) is 4.50. The number of nitrogens with zero attached hydrogens (tertiary/aromatic N) is 1. The fourth-order valence-electron chi connectivity index (χ4n) is 4.51. The monoisotopic (exact) mass is 410 g/mol. The number of carbonyl (C=O) groups is 2. The second-order valence-corrected chi connectivity index (χ2v) is 9.81. The first-order chi connectivity index (χ1) is 14.0. The van der Waals surface area contributed by atoms with Crippen LogP contribution in [0, 0.1) is 11.3 Å². The molecule has 0 radical (unpaired) electrons. The van der Waals surface area contributed by atoms with Crippen LogP contribution in [0.1, 0.15) is 45.1 Å². The minimum Gasteiger partial charge on any atom is -0.353 e. The topological polar surface area (TPSA) is 49.4 Å². The van der Waals surface area contributed by atoms with Crippen LogP contribution in [0.25, 0.3) is 10.4 Å². The van der Waals surface area contributed by atoms with E-state index in [0.717, 1.165) is 25.7 Å². The molecule has 1 N–H and O–H groups in total. The molecule has 0 spiro atoms. The maximum Gasteiger partial charge on any atom is 0.228 e. The zero-order chi connectivity index (χ0) is 20.4. The summed E-state index contributed by atoms with van der Waals surface area (Å²) < 4.78 is 0. The highest BCUT2D eigenvalue weighted by Crippen LogP contribution is 2.40. The van der Waals surface area contributed by atoms with Gasteiger partial charge in [-0.2, -0.15) is 0 Å². The first-order valence-electron chi connectivity index (χ1n) is 10.7. The second kappa shape index (κ2) is 8.31. The van der Waals surface area contributed by atoms with Crippen molar-refractivity contribution in [1.29, 1.82) is 0 Å². The Labute approximate surface area is 177 Å². The third kappa shape index (κ3) is 4.11.